The Morgan fingerprint density at radius 2 is 0.917 bits per heavy atom. The van der Waals surface area contributed by atoms with Gasteiger partial charge in [0.2, 0.25) is 0 Å². The van der Waals surface area contributed by atoms with Gasteiger partial charge in [-0.25, -0.2) is 0 Å². The summed E-state index contributed by atoms with van der Waals surface area (Å²) in [7, 11) is 21.5. The Hall–Kier alpha value is 5.16. The second kappa shape index (κ2) is 30.4. The summed E-state index contributed by atoms with van der Waals surface area (Å²) in [6.45, 7) is 6.75. The first-order chi connectivity index (χ1) is 11.4. The monoisotopic (exact) mass is 558 g/mol. The van der Waals surface area contributed by atoms with E-state index in [-0.39, 0.29) is 0 Å². The van der Waals surface area contributed by atoms with E-state index in [1.807, 2.05) is 0 Å². The highest BCUT2D eigenvalue weighted by Gasteiger charge is 1.95. The van der Waals surface area contributed by atoms with Crippen LogP contribution >= 0.6 is 99.3 Å². The molecule has 0 amide bonds. The molecule has 12 heteroatoms. The summed E-state index contributed by atoms with van der Waals surface area (Å²) < 4.78 is 0. The zero-order valence-corrected chi connectivity index (χ0v) is 28.3. The molecule has 0 bridgehead atoms. The standard InChI is InChI=1S/C5H16P4.C4H14P4.C3H12P4/c1-2-3-4-5-9(7)8-6;1-2-3-4-8(6)7-5;1-2-3-7(5)6-4/h8H,2-7H2,1H3;7H,2-6H2,1H3;6H,2-5H2,1H3. The topological polar surface area (TPSA) is 0 Å². The van der Waals surface area contributed by atoms with Gasteiger partial charge < -0.3 is 0 Å². The Labute approximate surface area is 176 Å². The van der Waals surface area contributed by atoms with Crippen molar-refractivity contribution in [1.82, 2.24) is 0 Å². The third-order valence-corrected chi connectivity index (χ3v) is 34.6. The maximum Gasteiger partial charge on any atom is -0.0252 e. The van der Waals surface area contributed by atoms with Crippen molar-refractivity contribution in [3.05, 3.63) is 0 Å². The molecule has 0 saturated heterocycles. The van der Waals surface area contributed by atoms with Crippen LogP contribution in [0.2, 0.25) is 0 Å². The third kappa shape index (κ3) is 34.7. The Balaban J connectivity index is -0.000000278. The summed E-state index contributed by atoms with van der Waals surface area (Å²) >= 11 is 0. The average Bonchev–Trinajstić information content (AvgIpc) is 2.60. The first kappa shape index (κ1) is 33.8. The molecule has 0 N–H and O–H groups in total. The molecule has 0 nitrogen and oxygen atoms in total. The molecule has 0 spiro atoms. The third-order valence-electron chi connectivity index (χ3n) is 2.72. The molecule has 0 aliphatic rings. The van der Waals surface area contributed by atoms with Crippen molar-refractivity contribution in [3.63, 3.8) is 0 Å². The van der Waals surface area contributed by atoms with E-state index < -0.39 is 0 Å². The summed E-state index contributed by atoms with van der Waals surface area (Å²) in [5.41, 5.74) is 0. The first-order valence-corrected chi connectivity index (χ1v) is 28.8. The van der Waals surface area contributed by atoms with Crippen molar-refractivity contribution in [1.29, 1.82) is 0 Å². The van der Waals surface area contributed by atoms with E-state index >= 15 is 0 Å². The van der Waals surface area contributed by atoms with Gasteiger partial charge in [0.15, 0.2) is 0 Å². The molecule has 0 aromatic heterocycles. The highest BCUT2D eigenvalue weighted by Crippen LogP contribution is 2.67. The van der Waals surface area contributed by atoms with Gasteiger partial charge in [-0.3, -0.25) is 0 Å². The van der Waals surface area contributed by atoms with Gasteiger partial charge in [0.25, 0.3) is 0 Å². The zero-order valence-electron chi connectivity index (χ0n) is 15.7. The van der Waals surface area contributed by atoms with Crippen molar-refractivity contribution >= 4 is 99.3 Å². The van der Waals surface area contributed by atoms with Crippen LogP contribution in [0.4, 0.5) is 0 Å². The van der Waals surface area contributed by atoms with E-state index in [1.165, 1.54) is 57.0 Å². The fraction of sp³-hybridized carbons (Fsp3) is 1.00. The molecule has 24 heavy (non-hydrogen) atoms. The molecule has 0 heterocycles. The van der Waals surface area contributed by atoms with Gasteiger partial charge in [0, 0.05) is 0 Å². The van der Waals surface area contributed by atoms with E-state index in [4.69, 9.17) is 0 Å². The smallest absolute Gasteiger partial charge is 0.0252 e. The van der Waals surface area contributed by atoms with Crippen LogP contribution in [-0.4, -0.2) is 18.5 Å². The molecular weight excluding hydrogens is 516 g/mol. The van der Waals surface area contributed by atoms with Crippen LogP contribution < -0.4 is 0 Å². The molecule has 0 radical (unpaired) electrons. The van der Waals surface area contributed by atoms with E-state index in [2.05, 4.69) is 74.3 Å². The minimum atomic E-state index is 0.317. The van der Waals surface area contributed by atoms with Gasteiger partial charge in [0.1, 0.15) is 0 Å². The first-order valence-electron chi connectivity index (χ1n) is 8.38. The number of hydrogen-bond acceptors (Lipinski definition) is 0. The van der Waals surface area contributed by atoms with Crippen molar-refractivity contribution < 1.29 is 0 Å². The second-order valence-corrected chi connectivity index (χ2v) is 34.7. The predicted octanol–water partition coefficient (Wildman–Crippen LogP) is 10.3. The van der Waals surface area contributed by atoms with Gasteiger partial charge >= 0.3 is 0 Å². The minimum Gasteiger partial charge on any atom is -0.110 e. The molecule has 0 rings (SSSR count). The van der Waals surface area contributed by atoms with Gasteiger partial charge in [-0.15, -0.1) is 53.6 Å². The molecule has 0 fully saturated rings. The van der Waals surface area contributed by atoms with Crippen LogP contribution in [0.1, 0.15) is 59.3 Å². The summed E-state index contributed by atoms with van der Waals surface area (Å²) in [5, 5.41) is 0. The number of rotatable bonds is 12. The van der Waals surface area contributed by atoms with Crippen molar-refractivity contribution in [2.24, 2.45) is 0 Å². The van der Waals surface area contributed by atoms with E-state index in [0.717, 1.165) is 23.9 Å². The van der Waals surface area contributed by atoms with Crippen LogP contribution in [0.3, 0.4) is 0 Å². The summed E-state index contributed by atoms with van der Waals surface area (Å²) in [6, 6.07) is 0. The summed E-state index contributed by atoms with van der Waals surface area (Å²) in [4.78, 5) is 0. The summed E-state index contributed by atoms with van der Waals surface area (Å²) in [6.07, 6.45) is 12.6. The van der Waals surface area contributed by atoms with Crippen LogP contribution in [-0.2, 0) is 0 Å². The normalized spacial score (nSPS) is 15.4. The Bertz CT molecular complexity index is 208. The largest absolute Gasteiger partial charge is 0.110 e. The molecule has 150 valence electrons. The number of hydrogen-bond donors (Lipinski definition) is 0. The van der Waals surface area contributed by atoms with E-state index in [1.54, 1.807) is 0 Å². The lowest BCUT2D eigenvalue weighted by molar-refractivity contribution is 0.778. The second-order valence-electron chi connectivity index (χ2n) is 5.03. The van der Waals surface area contributed by atoms with Crippen molar-refractivity contribution in [2.45, 2.75) is 59.3 Å². The maximum atomic E-state index is 2.96. The highest BCUT2D eigenvalue weighted by molar-refractivity contribution is 8.62. The van der Waals surface area contributed by atoms with Crippen LogP contribution in [0.5, 0.6) is 0 Å². The van der Waals surface area contributed by atoms with Gasteiger partial charge in [-0.1, -0.05) is 92.2 Å². The van der Waals surface area contributed by atoms with Gasteiger partial charge in [0.05, 0.1) is 0 Å². The van der Waals surface area contributed by atoms with Crippen LogP contribution in [0, 0.1) is 0 Å². The Kier molecular flexibility index (Phi) is 42.7. The lowest BCUT2D eigenvalue weighted by Gasteiger charge is -2.06. The Morgan fingerprint density at radius 1 is 0.542 bits per heavy atom. The molecular formula is C12H42P12. The summed E-state index contributed by atoms with van der Waals surface area (Å²) in [5.74, 6) is 0. The van der Waals surface area contributed by atoms with Crippen molar-refractivity contribution in [3.8, 4) is 0 Å². The molecule has 12 atom stereocenters. The molecule has 0 aromatic rings. The van der Waals surface area contributed by atoms with Gasteiger partial charge in [-0.05, 0) is 31.3 Å². The van der Waals surface area contributed by atoms with Gasteiger partial charge in [-0.2, -0.15) is 0 Å². The Morgan fingerprint density at radius 3 is 1.21 bits per heavy atom. The zero-order chi connectivity index (χ0) is 19.2. The van der Waals surface area contributed by atoms with Crippen LogP contribution in [0.15, 0.2) is 0 Å². The molecule has 0 aliphatic heterocycles. The number of unbranched alkanes of at least 4 members (excludes halogenated alkanes) is 3. The fourth-order valence-corrected chi connectivity index (χ4v) is 11.5. The molecule has 0 aromatic carbocycles. The lowest BCUT2D eigenvalue weighted by Crippen LogP contribution is -1.74. The maximum absolute atomic E-state index is 2.96. The quantitative estimate of drug-likeness (QED) is 0.165. The predicted molar refractivity (Wildman–Crippen MR) is 163 cm³/mol. The average molecular weight is 558 g/mol. The van der Waals surface area contributed by atoms with Crippen molar-refractivity contribution in [2.75, 3.05) is 18.5 Å². The van der Waals surface area contributed by atoms with E-state index in [0.29, 0.717) is 21.9 Å². The fourth-order valence-electron chi connectivity index (χ4n) is 1.30. The van der Waals surface area contributed by atoms with E-state index in [9.17, 15) is 0 Å². The highest BCUT2D eigenvalue weighted by atomic mass is 32.6. The molecule has 0 aliphatic carbocycles. The van der Waals surface area contributed by atoms with Crippen LogP contribution in [0.25, 0.3) is 0 Å². The minimum absolute atomic E-state index is 0.317. The lowest BCUT2D eigenvalue weighted by atomic mass is 10.3. The molecule has 12 unspecified atom stereocenters. The SMILES string of the molecule is CCCCCP(P)PP.CCCCP(P)PP.CCCP(P)PP. The molecule has 0 saturated carbocycles.